The highest BCUT2D eigenvalue weighted by atomic mass is 16.5. The number of methoxy groups -OCH3 is 1. The molecule has 0 N–H and O–H groups in total. The predicted octanol–water partition coefficient (Wildman–Crippen LogP) is 0.905. The first-order chi connectivity index (χ1) is 7.07. The second-order valence-electron chi connectivity index (χ2n) is 4.21. The van der Waals surface area contributed by atoms with Crippen molar-refractivity contribution in [1.29, 1.82) is 0 Å². The van der Waals surface area contributed by atoms with Gasteiger partial charge < -0.3 is 9.47 Å². The largest absolute Gasteiger partial charge is 0.469 e. The van der Waals surface area contributed by atoms with Gasteiger partial charge in [0.2, 0.25) is 0 Å². The molecule has 1 fully saturated rings. The predicted molar refractivity (Wildman–Crippen MR) is 57.6 cm³/mol. The molecule has 0 aromatic heterocycles. The highest BCUT2D eigenvalue weighted by Crippen LogP contribution is 2.17. The van der Waals surface area contributed by atoms with Crippen molar-refractivity contribution in [1.82, 2.24) is 4.90 Å². The van der Waals surface area contributed by atoms with Crippen LogP contribution in [0.15, 0.2) is 0 Å². The third-order valence-electron chi connectivity index (χ3n) is 3.24. The van der Waals surface area contributed by atoms with Crippen LogP contribution in [0.1, 0.15) is 20.8 Å². The van der Waals surface area contributed by atoms with Crippen LogP contribution in [-0.2, 0) is 14.3 Å². The molecule has 0 spiro atoms. The topological polar surface area (TPSA) is 38.8 Å². The average molecular weight is 215 g/mol. The molecule has 0 saturated carbocycles. The molecule has 3 atom stereocenters. The Bertz CT molecular complexity index is 220. The molecule has 4 heteroatoms. The van der Waals surface area contributed by atoms with Crippen molar-refractivity contribution in [2.45, 2.75) is 32.9 Å². The molecule has 0 aromatic carbocycles. The van der Waals surface area contributed by atoms with E-state index in [4.69, 9.17) is 9.47 Å². The van der Waals surface area contributed by atoms with E-state index in [1.54, 1.807) is 0 Å². The van der Waals surface area contributed by atoms with E-state index in [0.29, 0.717) is 6.04 Å². The lowest BCUT2D eigenvalue weighted by molar-refractivity contribution is -0.148. The Morgan fingerprint density at radius 3 is 2.73 bits per heavy atom. The molecule has 1 rings (SSSR count). The van der Waals surface area contributed by atoms with Crippen molar-refractivity contribution in [3.63, 3.8) is 0 Å². The minimum atomic E-state index is -0.138. The summed E-state index contributed by atoms with van der Waals surface area (Å²) in [4.78, 5) is 13.7. The van der Waals surface area contributed by atoms with Crippen LogP contribution in [0.2, 0.25) is 0 Å². The standard InChI is InChI=1S/C11H21NO3/c1-8-7-15-6-5-12(8)10(3)9(2)11(13)14-4/h8-10H,5-7H2,1-4H3. The fourth-order valence-electron chi connectivity index (χ4n) is 2.02. The molecule has 0 bridgehead atoms. The van der Waals surface area contributed by atoms with E-state index < -0.39 is 0 Å². The number of hydrogen-bond donors (Lipinski definition) is 0. The molecular formula is C11H21NO3. The molecule has 1 aliphatic heterocycles. The summed E-state index contributed by atoms with van der Waals surface area (Å²) in [5.41, 5.74) is 0. The fourth-order valence-corrected chi connectivity index (χ4v) is 2.02. The van der Waals surface area contributed by atoms with Crippen LogP contribution in [0.4, 0.5) is 0 Å². The van der Waals surface area contributed by atoms with Gasteiger partial charge >= 0.3 is 5.97 Å². The van der Waals surface area contributed by atoms with Gasteiger partial charge in [-0.15, -0.1) is 0 Å². The van der Waals surface area contributed by atoms with E-state index in [0.717, 1.165) is 19.8 Å². The third kappa shape index (κ3) is 2.92. The Balaban J connectivity index is 2.57. The Morgan fingerprint density at radius 2 is 2.20 bits per heavy atom. The highest BCUT2D eigenvalue weighted by Gasteiger charge is 2.30. The van der Waals surface area contributed by atoms with Crippen molar-refractivity contribution in [3.05, 3.63) is 0 Å². The molecule has 88 valence electrons. The maximum absolute atomic E-state index is 11.4. The number of ether oxygens (including phenoxy) is 2. The van der Waals surface area contributed by atoms with Crippen LogP contribution < -0.4 is 0 Å². The molecule has 1 saturated heterocycles. The normalized spacial score (nSPS) is 27.1. The first-order valence-corrected chi connectivity index (χ1v) is 5.49. The third-order valence-corrected chi connectivity index (χ3v) is 3.24. The first kappa shape index (κ1) is 12.5. The lowest BCUT2D eigenvalue weighted by Gasteiger charge is -2.39. The molecule has 0 amide bonds. The van der Waals surface area contributed by atoms with Gasteiger partial charge in [-0.25, -0.2) is 0 Å². The van der Waals surface area contributed by atoms with Crippen LogP contribution in [0.5, 0.6) is 0 Å². The van der Waals surface area contributed by atoms with E-state index >= 15 is 0 Å². The van der Waals surface area contributed by atoms with Gasteiger partial charge in [0.1, 0.15) is 0 Å². The zero-order valence-electron chi connectivity index (χ0n) is 10.0. The quantitative estimate of drug-likeness (QED) is 0.656. The number of morpholine rings is 1. The molecule has 4 nitrogen and oxygen atoms in total. The fraction of sp³-hybridized carbons (Fsp3) is 0.909. The Hall–Kier alpha value is -0.610. The molecule has 3 unspecified atom stereocenters. The number of hydrogen-bond acceptors (Lipinski definition) is 4. The second-order valence-corrected chi connectivity index (χ2v) is 4.21. The summed E-state index contributed by atoms with van der Waals surface area (Å²) in [7, 11) is 1.44. The van der Waals surface area contributed by atoms with Gasteiger partial charge in [-0.2, -0.15) is 0 Å². The van der Waals surface area contributed by atoms with E-state index in [-0.39, 0.29) is 17.9 Å². The van der Waals surface area contributed by atoms with Crippen molar-refractivity contribution >= 4 is 5.97 Å². The Morgan fingerprint density at radius 1 is 1.53 bits per heavy atom. The van der Waals surface area contributed by atoms with Gasteiger partial charge in [0.25, 0.3) is 0 Å². The summed E-state index contributed by atoms with van der Waals surface area (Å²) < 4.78 is 10.1. The minimum Gasteiger partial charge on any atom is -0.469 e. The van der Waals surface area contributed by atoms with Crippen molar-refractivity contribution in [2.75, 3.05) is 26.9 Å². The van der Waals surface area contributed by atoms with Crippen molar-refractivity contribution < 1.29 is 14.3 Å². The zero-order valence-corrected chi connectivity index (χ0v) is 10.0. The van der Waals surface area contributed by atoms with Crippen LogP contribution in [0.3, 0.4) is 0 Å². The Kier molecular flexibility index (Phi) is 4.54. The van der Waals surface area contributed by atoms with Crippen molar-refractivity contribution in [2.24, 2.45) is 5.92 Å². The smallest absolute Gasteiger partial charge is 0.309 e. The van der Waals surface area contributed by atoms with Gasteiger partial charge in [-0.3, -0.25) is 9.69 Å². The molecule has 1 aliphatic rings. The molecule has 0 radical (unpaired) electrons. The SMILES string of the molecule is COC(=O)C(C)C(C)N1CCOCC1C. The lowest BCUT2D eigenvalue weighted by Crippen LogP contribution is -2.51. The van der Waals surface area contributed by atoms with Gasteiger partial charge in [0.05, 0.1) is 26.2 Å². The van der Waals surface area contributed by atoms with Gasteiger partial charge in [0.15, 0.2) is 0 Å². The van der Waals surface area contributed by atoms with Crippen LogP contribution in [-0.4, -0.2) is 49.8 Å². The molecule has 0 aliphatic carbocycles. The van der Waals surface area contributed by atoms with E-state index in [9.17, 15) is 4.79 Å². The molecular weight excluding hydrogens is 194 g/mol. The molecule has 0 aromatic rings. The van der Waals surface area contributed by atoms with Crippen LogP contribution in [0.25, 0.3) is 0 Å². The zero-order chi connectivity index (χ0) is 11.4. The summed E-state index contributed by atoms with van der Waals surface area (Å²) in [6.45, 7) is 8.51. The average Bonchev–Trinajstić information content (AvgIpc) is 2.26. The second kappa shape index (κ2) is 5.47. The van der Waals surface area contributed by atoms with E-state index in [2.05, 4.69) is 18.7 Å². The maximum Gasteiger partial charge on any atom is 0.309 e. The number of carbonyl (C=O) groups is 1. The minimum absolute atomic E-state index is 0.0875. The maximum atomic E-state index is 11.4. The van der Waals surface area contributed by atoms with E-state index in [1.165, 1.54) is 7.11 Å². The number of carbonyl (C=O) groups excluding carboxylic acids is 1. The highest BCUT2D eigenvalue weighted by molar-refractivity contribution is 5.72. The van der Waals surface area contributed by atoms with Gasteiger partial charge in [-0.1, -0.05) is 6.92 Å². The van der Waals surface area contributed by atoms with Crippen LogP contribution in [0, 0.1) is 5.92 Å². The summed E-state index contributed by atoms with van der Waals surface area (Å²) >= 11 is 0. The monoisotopic (exact) mass is 215 g/mol. The first-order valence-electron chi connectivity index (χ1n) is 5.49. The molecule has 1 heterocycles. The van der Waals surface area contributed by atoms with Gasteiger partial charge in [0, 0.05) is 18.6 Å². The van der Waals surface area contributed by atoms with Crippen LogP contribution >= 0.6 is 0 Å². The summed E-state index contributed by atoms with van der Waals surface area (Å²) in [5.74, 6) is -0.225. The molecule has 15 heavy (non-hydrogen) atoms. The number of esters is 1. The summed E-state index contributed by atoms with van der Waals surface area (Å²) in [6.07, 6.45) is 0. The lowest BCUT2D eigenvalue weighted by atomic mass is 10.0. The summed E-state index contributed by atoms with van der Waals surface area (Å²) in [6, 6.07) is 0.581. The van der Waals surface area contributed by atoms with E-state index in [1.807, 2.05) is 6.92 Å². The number of nitrogens with zero attached hydrogens (tertiary/aromatic N) is 1. The Labute approximate surface area is 91.5 Å². The number of rotatable bonds is 3. The summed E-state index contributed by atoms with van der Waals surface area (Å²) in [5, 5.41) is 0. The van der Waals surface area contributed by atoms with Gasteiger partial charge in [-0.05, 0) is 13.8 Å². The van der Waals surface area contributed by atoms with Crippen molar-refractivity contribution in [3.8, 4) is 0 Å².